The first-order valence-electron chi connectivity index (χ1n) is 6.79. The van der Waals surface area contributed by atoms with Crippen LogP contribution in [0.2, 0.25) is 0 Å². The molecule has 4 heteroatoms. The molecule has 0 bridgehead atoms. The van der Waals surface area contributed by atoms with Crippen LogP contribution in [0.5, 0.6) is 0 Å². The van der Waals surface area contributed by atoms with E-state index in [0.717, 1.165) is 12.8 Å². The van der Waals surface area contributed by atoms with Crippen molar-refractivity contribution in [3.05, 3.63) is 5.92 Å². The molecule has 0 amide bonds. The molecule has 1 aliphatic carbocycles. The van der Waals surface area contributed by atoms with E-state index in [1.54, 1.807) is 5.92 Å². The van der Waals surface area contributed by atoms with Gasteiger partial charge in [-0.25, -0.2) is 0 Å². The van der Waals surface area contributed by atoms with E-state index in [4.69, 9.17) is 0 Å². The molecule has 0 heterocycles. The SMILES string of the molecule is C[C-]1CCCC(CC(NC(C)C)C(=O)O)CC1.[Lr]. The molecule has 3 nitrogen and oxygen atoms in total. The Labute approximate surface area is 105 Å². The Bertz CT molecular complexity index is 246. The summed E-state index contributed by atoms with van der Waals surface area (Å²) in [4.78, 5) is 11.2. The van der Waals surface area contributed by atoms with Gasteiger partial charge in [0, 0.05) is 6.04 Å². The zero-order valence-corrected chi connectivity index (χ0v) is 13.7. The number of carbonyl (C=O) groups is 1. The van der Waals surface area contributed by atoms with Crippen molar-refractivity contribution in [2.45, 2.75) is 71.4 Å². The third kappa shape index (κ3) is 5.67. The van der Waals surface area contributed by atoms with Crippen LogP contribution in [0.1, 0.15) is 59.3 Å². The van der Waals surface area contributed by atoms with Crippen molar-refractivity contribution in [1.29, 1.82) is 0 Å². The number of rotatable bonds is 5. The molecule has 18 heavy (non-hydrogen) atoms. The summed E-state index contributed by atoms with van der Waals surface area (Å²) >= 11 is 0. The molecule has 115 valence electrons. The number of nitrogens with one attached hydrogen (secondary N) is 1. The number of carboxylic acids is 1. The van der Waals surface area contributed by atoms with Crippen LogP contribution in [-0.4, -0.2) is 23.2 Å². The van der Waals surface area contributed by atoms with Crippen LogP contribution in [-0.2, 0) is 4.79 Å². The maximum atomic E-state index is 11.2. The van der Waals surface area contributed by atoms with Gasteiger partial charge in [0.2, 0.25) is 0 Å². The molecule has 1 rings (SSSR count). The first kappa shape index (κ1) is 16.4. The Morgan fingerprint density at radius 1 is 1.39 bits per heavy atom. The standard InChI is InChI=1S/C14H26NO2.Lr/c1-10(2)15-13(14(16)17)9-12-6-4-5-11(3)7-8-12;/h10,12-13,15H,4-9H2,1-3H3,(H,16,17);/q-1;. The van der Waals surface area contributed by atoms with Gasteiger partial charge in [0.05, 0.1) is 0 Å². The second kappa shape index (κ2) is 7.70. The Hall–Kier alpha value is -1.57. The van der Waals surface area contributed by atoms with Crippen molar-refractivity contribution in [3.63, 3.8) is 0 Å². The molecule has 0 aromatic heterocycles. The minimum absolute atomic E-state index is 0. The van der Waals surface area contributed by atoms with Crippen molar-refractivity contribution < 1.29 is 9.90 Å². The molecular formula is C14H26LrNO2-. The predicted octanol–water partition coefficient (Wildman–Crippen LogP) is 3.00. The molecule has 0 aliphatic heterocycles. The fraction of sp³-hybridized carbons (Fsp3) is 0.857. The second-order valence-corrected chi connectivity index (χ2v) is 5.70. The van der Waals surface area contributed by atoms with E-state index >= 15 is 0 Å². The van der Waals surface area contributed by atoms with Crippen LogP contribution in [0, 0.1) is 11.8 Å². The normalized spacial score (nSPS) is 23.2. The summed E-state index contributed by atoms with van der Waals surface area (Å²) in [5.74, 6) is 1.44. The quantitative estimate of drug-likeness (QED) is 0.449. The molecule has 0 aromatic rings. The number of aliphatic carboxylic acids is 1. The summed E-state index contributed by atoms with van der Waals surface area (Å²) in [7, 11) is 0. The summed E-state index contributed by atoms with van der Waals surface area (Å²) in [6.07, 6.45) is 6.76. The van der Waals surface area contributed by atoms with E-state index in [-0.39, 0.29) is 12.1 Å². The van der Waals surface area contributed by atoms with Gasteiger partial charge in [-0.2, -0.15) is 19.8 Å². The van der Waals surface area contributed by atoms with Crippen LogP contribution in [0.25, 0.3) is 0 Å². The molecule has 2 N–H and O–H groups in total. The van der Waals surface area contributed by atoms with Crippen LogP contribution in [0.4, 0.5) is 0 Å². The summed E-state index contributed by atoms with van der Waals surface area (Å²) in [6.45, 7) is 6.23. The number of carboxylic acid groups (broad SMARTS) is 1. The van der Waals surface area contributed by atoms with Crippen molar-refractivity contribution in [2.75, 3.05) is 0 Å². The van der Waals surface area contributed by atoms with E-state index in [2.05, 4.69) is 12.2 Å². The fourth-order valence-corrected chi connectivity index (χ4v) is 2.62. The van der Waals surface area contributed by atoms with E-state index in [1.165, 1.54) is 25.7 Å². The largest absolute Gasteiger partial charge is 0.480 e. The number of hydrogen-bond acceptors (Lipinski definition) is 2. The van der Waals surface area contributed by atoms with Crippen molar-refractivity contribution >= 4 is 5.97 Å². The summed E-state index contributed by atoms with van der Waals surface area (Å²) in [6, 6.07) is -0.145. The van der Waals surface area contributed by atoms with Gasteiger partial charge in [-0.1, -0.05) is 33.1 Å². The Morgan fingerprint density at radius 2 is 2.06 bits per heavy atom. The smallest absolute Gasteiger partial charge is 0.320 e. The molecule has 2 unspecified atom stereocenters. The second-order valence-electron chi connectivity index (χ2n) is 5.70. The van der Waals surface area contributed by atoms with Crippen LogP contribution in [0.15, 0.2) is 0 Å². The van der Waals surface area contributed by atoms with Gasteiger partial charge in [-0.15, -0.1) is 0 Å². The van der Waals surface area contributed by atoms with Crippen molar-refractivity contribution in [1.82, 2.24) is 5.32 Å². The van der Waals surface area contributed by atoms with E-state index < -0.39 is 5.97 Å². The van der Waals surface area contributed by atoms with Crippen molar-refractivity contribution in [3.8, 4) is 0 Å². The minimum atomic E-state index is -0.705. The molecule has 0 aromatic carbocycles. The first-order valence-corrected chi connectivity index (χ1v) is 6.79. The molecule has 1 saturated carbocycles. The van der Waals surface area contributed by atoms with E-state index in [1.807, 2.05) is 13.8 Å². The monoisotopic (exact) mass is 502 g/mol. The fourth-order valence-electron chi connectivity index (χ4n) is 2.62. The summed E-state index contributed by atoms with van der Waals surface area (Å²) < 4.78 is 0. The van der Waals surface area contributed by atoms with Gasteiger partial charge in [0.15, 0.2) is 0 Å². The van der Waals surface area contributed by atoms with E-state index in [0.29, 0.717) is 5.92 Å². The van der Waals surface area contributed by atoms with Gasteiger partial charge in [0.25, 0.3) is 0 Å². The average molecular weight is 502 g/mol. The summed E-state index contributed by atoms with van der Waals surface area (Å²) in [5, 5.41) is 12.4. The van der Waals surface area contributed by atoms with Gasteiger partial charge < -0.3 is 16.3 Å². The zero-order chi connectivity index (χ0) is 12.8. The maximum absolute atomic E-state index is 11.2. The van der Waals surface area contributed by atoms with Gasteiger partial charge >= 0.3 is 5.97 Å². The molecule has 0 saturated heterocycles. The molecule has 0 spiro atoms. The van der Waals surface area contributed by atoms with Crippen LogP contribution in [0.3, 0.4) is 0 Å². The van der Waals surface area contributed by atoms with Gasteiger partial charge in [0.1, 0.15) is 6.04 Å². The topological polar surface area (TPSA) is 49.3 Å². The zero-order valence-electron chi connectivity index (χ0n) is 11.6. The molecule has 1 fully saturated rings. The van der Waals surface area contributed by atoms with Crippen molar-refractivity contribution in [2.24, 2.45) is 5.92 Å². The van der Waals surface area contributed by atoms with Crippen LogP contribution < -0.4 is 5.32 Å². The third-order valence-corrected chi connectivity index (χ3v) is 3.60. The minimum Gasteiger partial charge on any atom is -0.480 e. The first-order chi connectivity index (χ1) is 7.99. The third-order valence-electron chi connectivity index (χ3n) is 3.60. The molecular weight excluding hydrogens is 476 g/mol. The molecule has 1 aliphatic rings. The van der Waals surface area contributed by atoms with Crippen LogP contribution >= 0.6 is 0 Å². The Morgan fingerprint density at radius 3 is 2.61 bits per heavy atom. The summed E-state index contributed by atoms with van der Waals surface area (Å²) in [5.41, 5.74) is 0. The Kier molecular flexibility index (Phi) is 7.03. The van der Waals surface area contributed by atoms with Gasteiger partial charge in [-0.3, -0.25) is 4.79 Å². The maximum Gasteiger partial charge on any atom is 0.320 e. The Balaban J connectivity index is 0.00000289. The molecule has 1 radical (unpaired) electrons. The predicted molar refractivity (Wildman–Crippen MR) is 69.8 cm³/mol. The van der Waals surface area contributed by atoms with E-state index in [9.17, 15) is 9.90 Å². The molecule has 2 atom stereocenters. The average Bonchev–Trinajstić information content (AvgIpc) is 2.42. The van der Waals surface area contributed by atoms with Gasteiger partial charge in [-0.05, 0) is 12.3 Å². The number of hydrogen-bond donors (Lipinski definition) is 2.